The van der Waals surface area contributed by atoms with Crippen molar-refractivity contribution in [2.24, 2.45) is 0 Å². The third kappa shape index (κ3) is 3.72. The predicted molar refractivity (Wildman–Crippen MR) is 95.1 cm³/mol. The van der Waals surface area contributed by atoms with Gasteiger partial charge in [-0.3, -0.25) is 4.98 Å². The van der Waals surface area contributed by atoms with E-state index in [1.807, 2.05) is 24.3 Å². The fourth-order valence-corrected chi connectivity index (χ4v) is 2.76. The summed E-state index contributed by atoms with van der Waals surface area (Å²) in [7, 11) is 0. The van der Waals surface area contributed by atoms with Crippen LogP contribution in [0.15, 0.2) is 48.5 Å². The number of nitrogens with zero attached hydrogens (tertiary/aromatic N) is 2. The number of benzene rings is 2. The molecule has 1 aromatic heterocycles. The SMILES string of the molecule is [CH3-].[CH3-].[Hf+4].[c-]1ccccc1-c1ccc2ccc3c(c2n1)[N-]CCC3. The van der Waals surface area contributed by atoms with Crippen LogP contribution >= 0.6 is 0 Å². The summed E-state index contributed by atoms with van der Waals surface area (Å²) in [4.78, 5) is 4.83. The van der Waals surface area contributed by atoms with E-state index in [2.05, 4.69) is 35.6 Å². The van der Waals surface area contributed by atoms with Crippen molar-refractivity contribution < 1.29 is 25.8 Å². The van der Waals surface area contributed by atoms with Gasteiger partial charge in [-0.1, -0.05) is 36.2 Å². The Bertz CT molecular complexity index is 769. The van der Waals surface area contributed by atoms with Crippen LogP contribution in [-0.2, 0) is 32.3 Å². The average Bonchev–Trinajstić information content (AvgIpc) is 2.55. The largest absolute Gasteiger partial charge is 4.00 e. The Labute approximate surface area is 158 Å². The smallest absolute Gasteiger partial charge is 0.682 e. The summed E-state index contributed by atoms with van der Waals surface area (Å²) >= 11 is 0. The van der Waals surface area contributed by atoms with E-state index in [1.165, 1.54) is 5.56 Å². The van der Waals surface area contributed by atoms with E-state index >= 15 is 0 Å². The van der Waals surface area contributed by atoms with Gasteiger partial charge in [-0.2, -0.15) is 0 Å². The zero-order chi connectivity index (χ0) is 13.4. The zero-order valence-corrected chi connectivity index (χ0v) is 17.2. The second kappa shape index (κ2) is 8.39. The molecule has 0 aliphatic carbocycles. The van der Waals surface area contributed by atoms with Crippen molar-refractivity contribution in [2.75, 3.05) is 6.54 Å². The van der Waals surface area contributed by atoms with E-state index < -0.39 is 0 Å². The second-order valence-electron chi connectivity index (χ2n) is 5.10. The van der Waals surface area contributed by atoms with E-state index in [-0.39, 0.29) is 40.7 Å². The first-order valence-corrected chi connectivity index (χ1v) is 6.99. The topological polar surface area (TPSA) is 27.0 Å². The maximum absolute atomic E-state index is 4.83. The molecule has 0 radical (unpaired) electrons. The summed E-state index contributed by atoms with van der Waals surface area (Å²) in [5.74, 6) is 0. The number of fused-ring (bicyclic) bond motifs is 3. The molecule has 0 saturated heterocycles. The fourth-order valence-electron chi connectivity index (χ4n) is 2.76. The summed E-state index contributed by atoms with van der Waals surface area (Å²) in [6.07, 6.45) is 2.25. The first kappa shape index (κ1) is 19.6. The predicted octanol–water partition coefficient (Wildman–Crippen LogP) is 5.55. The van der Waals surface area contributed by atoms with Crippen LogP contribution in [0.1, 0.15) is 12.0 Å². The Morgan fingerprint density at radius 3 is 2.61 bits per heavy atom. The number of rotatable bonds is 1. The number of aromatic nitrogens is 1. The average molecular weight is 467 g/mol. The molecule has 1 aliphatic rings. The van der Waals surface area contributed by atoms with Crippen LogP contribution in [0.2, 0.25) is 0 Å². The third-order valence-corrected chi connectivity index (χ3v) is 3.78. The molecular weight excluding hydrogens is 447 g/mol. The standard InChI is InChI=1S/C18H14N2.2CH3.Hf/c1-2-5-13(6-3-1)16-11-10-15-9-8-14-7-4-12-19-17(14)18(15)20-16;;;/h1-3,5,8-11H,4,7,12H2;2*1H3;/q-2;2*-1;+4. The maximum atomic E-state index is 4.83. The van der Waals surface area contributed by atoms with Gasteiger partial charge in [0.1, 0.15) is 0 Å². The molecular formula is C20H20HfN2. The second-order valence-corrected chi connectivity index (χ2v) is 5.10. The molecule has 0 N–H and O–H groups in total. The van der Waals surface area contributed by atoms with Gasteiger partial charge >= 0.3 is 25.8 Å². The molecule has 0 amide bonds. The Balaban J connectivity index is 0.000000882. The van der Waals surface area contributed by atoms with Crippen molar-refractivity contribution >= 4 is 16.6 Å². The Morgan fingerprint density at radius 1 is 1.00 bits per heavy atom. The molecule has 2 aromatic carbocycles. The molecule has 4 rings (SSSR count). The monoisotopic (exact) mass is 468 g/mol. The van der Waals surface area contributed by atoms with Crippen LogP contribution in [0.5, 0.6) is 0 Å². The minimum atomic E-state index is 0. The molecule has 2 heterocycles. The third-order valence-electron chi connectivity index (χ3n) is 3.78. The molecule has 1 aliphatic heterocycles. The van der Waals surface area contributed by atoms with E-state index in [9.17, 15) is 0 Å². The van der Waals surface area contributed by atoms with Gasteiger partial charge in [-0.05, 0) is 17.5 Å². The first-order valence-electron chi connectivity index (χ1n) is 6.99. The van der Waals surface area contributed by atoms with Gasteiger partial charge in [0, 0.05) is 5.52 Å². The van der Waals surface area contributed by atoms with Crippen LogP contribution in [0.3, 0.4) is 0 Å². The molecule has 0 unspecified atom stereocenters. The van der Waals surface area contributed by atoms with E-state index in [4.69, 9.17) is 4.98 Å². The molecule has 3 aromatic rings. The van der Waals surface area contributed by atoms with Gasteiger partial charge < -0.3 is 20.2 Å². The minimum Gasteiger partial charge on any atom is -0.682 e. The summed E-state index contributed by atoms with van der Waals surface area (Å²) in [5.41, 5.74) is 5.43. The molecule has 0 fully saturated rings. The van der Waals surface area contributed by atoms with E-state index in [1.54, 1.807) is 0 Å². The molecule has 3 heteroatoms. The molecule has 0 saturated carbocycles. The normalized spacial score (nSPS) is 12.0. The van der Waals surface area contributed by atoms with Crippen molar-refractivity contribution in [1.82, 2.24) is 4.98 Å². The summed E-state index contributed by atoms with van der Waals surface area (Å²) in [6, 6.07) is 19.7. The number of aryl methyl sites for hydroxylation is 1. The fraction of sp³-hybridized carbons (Fsp3) is 0.150. The number of pyridine rings is 1. The van der Waals surface area contributed by atoms with Crippen molar-refractivity contribution in [1.29, 1.82) is 0 Å². The van der Waals surface area contributed by atoms with Crippen molar-refractivity contribution in [2.45, 2.75) is 12.8 Å². The summed E-state index contributed by atoms with van der Waals surface area (Å²) < 4.78 is 0. The van der Waals surface area contributed by atoms with Crippen LogP contribution in [-0.4, -0.2) is 11.5 Å². The van der Waals surface area contributed by atoms with Gasteiger partial charge in [-0.15, -0.1) is 48.1 Å². The summed E-state index contributed by atoms with van der Waals surface area (Å²) in [6.45, 7) is 0.912. The van der Waals surface area contributed by atoms with Crippen LogP contribution in [0, 0.1) is 20.9 Å². The number of hydrogen-bond acceptors (Lipinski definition) is 1. The molecule has 0 atom stereocenters. The number of hydrogen-bond donors (Lipinski definition) is 0. The van der Waals surface area contributed by atoms with E-state index in [0.29, 0.717) is 0 Å². The van der Waals surface area contributed by atoms with Gasteiger partial charge in [0.05, 0.1) is 0 Å². The molecule has 23 heavy (non-hydrogen) atoms. The zero-order valence-electron chi connectivity index (χ0n) is 13.6. The van der Waals surface area contributed by atoms with Crippen LogP contribution < -0.4 is 0 Å². The Hall–Kier alpha value is -1.48. The minimum absolute atomic E-state index is 0. The van der Waals surface area contributed by atoms with Gasteiger partial charge in [-0.25, -0.2) is 0 Å². The van der Waals surface area contributed by atoms with Crippen molar-refractivity contribution in [3.8, 4) is 11.3 Å². The Morgan fingerprint density at radius 2 is 1.83 bits per heavy atom. The maximum Gasteiger partial charge on any atom is 4.00 e. The molecule has 114 valence electrons. The Kier molecular flexibility index (Phi) is 7.14. The van der Waals surface area contributed by atoms with Gasteiger partial charge in [0.2, 0.25) is 0 Å². The molecule has 0 spiro atoms. The van der Waals surface area contributed by atoms with E-state index in [0.717, 1.165) is 47.2 Å². The first-order chi connectivity index (χ1) is 9.92. The molecule has 0 bridgehead atoms. The quantitative estimate of drug-likeness (QED) is 0.341. The van der Waals surface area contributed by atoms with Crippen molar-refractivity contribution in [3.63, 3.8) is 0 Å². The molecule has 2 nitrogen and oxygen atoms in total. The van der Waals surface area contributed by atoms with Crippen LogP contribution in [0.25, 0.3) is 27.5 Å². The van der Waals surface area contributed by atoms with Crippen LogP contribution in [0.4, 0.5) is 5.69 Å². The van der Waals surface area contributed by atoms with Gasteiger partial charge in [0.25, 0.3) is 0 Å². The van der Waals surface area contributed by atoms with Gasteiger partial charge in [0.15, 0.2) is 0 Å². The van der Waals surface area contributed by atoms with Crippen molar-refractivity contribution in [3.05, 3.63) is 80.3 Å². The summed E-state index contributed by atoms with van der Waals surface area (Å²) in [5, 5.41) is 5.84.